The second-order valence-corrected chi connectivity index (χ2v) is 12.4. The maximum absolute atomic E-state index is 12.6. The zero-order chi connectivity index (χ0) is 25.5. The second kappa shape index (κ2) is 11.9. The average Bonchev–Trinajstić information content (AvgIpc) is 3.35. The molecule has 35 heavy (non-hydrogen) atoms. The highest BCUT2D eigenvalue weighted by Gasteiger charge is 2.27. The Labute approximate surface area is 208 Å². The third-order valence-corrected chi connectivity index (χ3v) is 8.78. The molecule has 0 aliphatic carbocycles. The van der Waals surface area contributed by atoms with Gasteiger partial charge in [-0.1, -0.05) is 12.1 Å². The molecule has 0 radical (unpaired) electrons. The summed E-state index contributed by atoms with van der Waals surface area (Å²) in [5.74, 6) is 0.319. The van der Waals surface area contributed by atoms with Gasteiger partial charge in [-0.2, -0.15) is 4.31 Å². The van der Waals surface area contributed by atoms with E-state index in [1.807, 2.05) is 13.0 Å². The van der Waals surface area contributed by atoms with Gasteiger partial charge in [0.2, 0.25) is 26.0 Å². The Kier molecular flexibility index (Phi) is 9.15. The Bertz CT molecular complexity index is 1210. The van der Waals surface area contributed by atoms with Crippen LogP contribution in [-0.2, 0) is 24.8 Å². The van der Waals surface area contributed by atoms with E-state index in [1.165, 1.54) is 20.7 Å². The molecule has 0 aromatic heterocycles. The molecule has 3 rings (SSSR count). The minimum Gasteiger partial charge on any atom is -0.492 e. The summed E-state index contributed by atoms with van der Waals surface area (Å²) in [4.78, 5) is 12.4. The van der Waals surface area contributed by atoms with Crippen molar-refractivity contribution < 1.29 is 26.4 Å². The summed E-state index contributed by atoms with van der Waals surface area (Å²) in [6, 6.07) is 13.5. The number of sulfonamides is 2. The van der Waals surface area contributed by atoms with E-state index in [4.69, 9.17) is 4.74 Å². The predicted octanol–water partition coefficient (Wildman–Crippen LogP) is 2.52. The molecular weight excluding hydrogens is 490 g/mol. The maximum atomic E-state index is 12.6. The summed E-state index contributed by atoms with van der Waals surface area (Å²) < 4.78 is 57.9. The first-order chi connectivity index (χ1) is 16.6. The van der Waals surface area contributed by atoms with Crippen LogP contribution < -0.4 is 14.4 Å². The molecular formula is C24H33N3O6S2. The zero-order valence-corrected chi connectivity index (χ0v) is 21.8. The van der Waals surface area contributed by atoms with Gasteiger partial charge in [-0.05, 0) is 68.1 Å². The van der Waals surface area contributed by atoms with E-state index in [0.29, 0.717) is 30.9 Å². The highest BCUT2D eigenvalue weighted by atomic mass is 32.2. The molecule has 0 atom stereocenters. The van der Waals surface area contributed by atoms with Crippen LogP contribution in [-0.4, -0.2) is 66.1 Å². The molecule has 11 heteroatoms. The summed E-state index contributed by atoms with van der Waals surface area (Å²) >= 11 is 0. The van der Waals surface area contributed by atoms with Crippen molar-refractivity contribution in [2.75, 3.05) is 43.3 Å². The summed E-state index contributed by atoms with van der Waals surface area (Å²) in [6.07, 6.45) is 3.48. The van der Waals surface area contributed by atoms with E-state index >= 15 is 0 Å². The predicted molar refractivity (Wildman–Crippen MR) is 136 cm³/mol. The van der Waals surface area contributed by atoms with Crippen LogP contribution in [0.25, 0.3) is 0 Å². The number of hydrogen-bond donors (Lipinski definition) is 1. The number of carbonyl (C=O) groups is 1. The molecule has 1 fully saturated rings. The van der Waals surface area contributed by atoms with Gasteiger partial charge in [-0.3, -0.25) is 9.10 Å². The first kappa shape index (κ1) is 27.0. The van der Waals surface area contributed by atoms with Crippen molar-refractivity contribution in [2.24, 2.45) is 0 Å². The van der Waals surface area contributed by atoms with Crippen LogP contribution >= 0.6 is 0 Å². The Morgan fingerprint density at radius 3 is 2.37 bits per heavy atom. The Balaban J connectivity index is 1.39. The molecule has 192 valence electrons. The van der Waals surface area contributed by atoms with Crippen LogP contribution in [0.1, 0.15) is 31.2 Å². The van der Waals surface area contributed by atoms with Crippen molar-refractivity contribution in [1.82, 2.24) is 9.62 Å². The van der Waals surface area contributed by atoms with E-state index < -0.39 is 20.0 Å². The summed E-state index contributed by atoms with van der Waals surface area (Å²) in [6.45, 7) is 3.71. The minimum atomic E-state index is -3.46. The molecule has 0 saturated carbocycles. The lowest BCUT2D eigenvalue weighted by molar-refractivity contribution is -0.121. The molecule has 0 unspecified atom stereocenters. The summed E-state index contributed by atoms with van der Waals surface area (Å²) in [5.41, 5.74) is 1.54. The number of ether oxygens (including phenoxy) is 1. The molecule has 2 aromatic carbocycles. The molecule has 0 spiro atoms. The van der Waals surface area contributed by atoms with Gasteiger partial charge in [0.25, 0.3) is 0 Å². The van der Waals surface area contributed by atoms with Crippen molar-refractivity contribution in [1.29, 1.82) is 0 Å². The largest absolute Gasteiger partial charge is 0.492 e. The smallest absolute Gasteiger partial charge is 0.243 e. The molecule has 9 nitrogen and oxygen atoms in total. The van der Waals surface area contributed by atoms with Gasteiger partial charge in [0.15, 0.2) is 0 Å². The highest BCUT2D eigenvalue weighted by molar-refractivity contribution is 7.92. The third-order valence-electron chi connectivity index (χ3n) is 5.67. The number of hydrogen-bond acceptors (Lipinski definition) is 6. The van der Waals surface area contributed by atoms with Crippen LogP contribution in [0.5, 0.6) is 5.75 Å². The molecule has 1 N–H and O–H groups in total. The van der Waals surface area contributed by atoms with Gasteiger partial charge >= 0.3 is 0 Å². The van der Waals surface area contributed by atoms with E-state index in [1.54, 1.807) is 30.3 Å². The quantitative estimate of drug-likeness (QED) is 0.428. The Morgan fingerprint density at radius 2 is 1.74 bits per heavy atom. The van der Waals surface area contributed by atoms with Crippen molar-refractivity contribution >= 4 is 31.6 Å². The first-order valence-electron chi connectivity index (χ1n) is 11.6. The lowest BCUT2D eigenvalue weighted by Crippen LogP contribution is -2.33. The van der Waals surface area contributed by atoms with Gasteiger partial charge in [-0.15, -0.1) is 0 Å². The lowest BCUT2D eigenvalue weighted by Gasteiger charge is -2.22. The van der Waals surface area contributed by atoms with Crippen molar-refractivity contribution in [3.63, 3.8) is 0 Å². The maximum Gasteiger partial charge on any atom is 0.243 e. The van der Waals surface area contributed by atoms with E-state index in [2.05, 4.69) is 5.32 Å². The Hall–Kier alpha value is -2.63. The second-order valence-electron chi connectivity index (χ2n) is 8.56. The molecule has 1 heterocycles. The number of rotatable bonds is 12. The summed E-state index contributed by atoms with van der Waals surface area (Å²) in [7, 11) is -6.92. The van der Waals surface area contributed by atoms with Gasteiger partial charge in [0.1, 0.15) is 12.4 Å². The topological polar surface area (TPSA) is 113 Å². The van der Waals surface area contributed by atoms with Crippen molar-refractivity contribution in [2.45, 2.75) is 37.5 Å². The molecule has 2 aromatic rings. The number of aryl methyl sites for hydroxylation is 1. The number of benzene rings is 2. The van der Waals surface area contributed by atoms with Gasteiger partial charge in [0, 0.05) is 26.1 Å². The monoisotopic (exact) mass is 523 g/mol. The van der Waals surface area contributed by atoms with Gasteiger partial charge in [-0.25, -0.2) is 16.8 Å². The zero-order valence-electron chi connectivity index (χ0n) is 20.1. The minimum absolute atomic E-state index is 0.181. The van der Waals surface area contributed by atoms with Crippen molar-refractivity contribution in [3.05, 3.63) is 54.1 Å². The van der Waals surface area contributed by atoms with Crippen LogP contribution in [0.2, 0.25) is 0 Å². The molecule has 1 saturated heterocycles. The Morgan fingerprint density at radius 1 is 1.06 bits per heavy atom. The number of amides is 1. The normalized spacial score (nSPS) is 14.6. The number of nitrogens with zero attached hydrogens (tertiary/aromatic N) is 2. The van der Waals surface area contributed by atoms with E-state index in [0.717, 1.165) is 24.7 Å². The van der Waals surface area contributed by atoms with E-state index in [-0.39, 0.29) is 36.9 Å². The molecule has 1 amide bonds. The van der Waals surface area contributed by atoms with Gasteiger partial charge in [0.05, 0.1) is 23.4 Å². The van der Waals surface area contributed by atoms with Crippen LogP contribution in [0.15, 0.2) is 53.4 Å². The fourth-order valence-electron chi connectivity index (χ4n) is 3.89. The van der Waals surface area contributed by atoms with E-state index in [9.17, 15) is 21.6 Å². The van der Waals surface area contributed by atoms with Crippen LogP contribution in [0, 0.1) is 6.92 Å². The fourth-order valence-corrected chi connectivity index (χ4v) is 6.36. The van der Waals surface area contributed by atoms with Crippen LogP contribution in [0.4, 0.5) is 5.69 Å². The third kappa shape index (κ3) is 7.68. The standard InChI is InChI=1S/C24H33N3O6S2/c1-20-7-5-8-21(19-20)27(34(2,29)30)17-6-9-24(28)25-14-18-33-22-10-12-23(13-11-22)35(31,32)26-15-3-4-16-26/h5,7-8,10-13,19H,3-4,6,9,14-18H2,1-2H3,(H,25,28). The fraction of sp³-hybridized carbons (Fsp3) is 0.458. The number of carbonyl (C=O) groups excluding carboxylic acids is 1. The van der Waals surface area contributed by atoms with Crippen molar-refractivity contribution in [3.8, 4) is 5.75 Å². The van der Waals surface area contributed by atoms with Gasteiger partial charge < -0.3 is 10.1 Å². The lowest BCUT2D eigenvalue weighted by atomic mass is 10.2. The highest BCUT2D eigenvalue weighted by Crippen LogP contribution is 2.23. The SMILES string of the molecule is Cc1cccc(N(CCCC(=O)NCCOc2ccc(S(=O)(=O)N3CCCC3)cc2)S(C)(=O)=O)c1. The number of nitrogens with one attached hydrogen (secondary N) is 1. The molecule has 1 aliphatic heterocycles. The number of anilines is 1. The van der Waals surface area contributed by atoms with Crippen LogP contribution in [0.3, 0.4) is 0 Å². The molecule has 0 bridgehead atoms. The first-order valence-corrected chi connectivity index (χ1v) is 14.9. The molecule has 1 aliphatic rings. The average molecular weight is 524 g/mol. The summed E-state index contributed by atoms with van der Waals surface area (Å²) in [5, 5.41) is 2.75.